The van der Waals surface area contributed by atoms with Crippen molar-refractivity contribution < 1.29 is 0 Å². The van der Waals surface area contributed by atoms with Gasteiger partial charge in [0.15, 0.2) is 0 Å². The van der Waals surface area contributed by atoms with Crippen LogP contribution in [0.15, 0.2) is 16.8 Å². The smallest absolute Gasteiger partial charge is 0.0277 e. The lowest BCUT2D eigenvalue weighted by molar-refractivity contribution is 0.610. The number of allylic oxidation sites excluding steroid dienone is 1. The summed E-state index contributed by atoms with van der Waals surface area (Å²) in [4.78, 5) is 3.90. The van der Waals surface area contributed by atoms with Crippen molar-refractivity contribution in [2.45, 2.75) is 20.8 Å². The predicted molar refractivity (Wildman–Crippen MR) is 51.0 cm³/mol. The number of rotatable bonds is 4. The zero-order chi connectivity index (χ0) is 8.69. The number of hydrogen-bond acceptors (Lipinski definition) is 2. The molecule has 0 atom stereocenters. The summed E-state index contributed by atoms with van der Waals surface area (Å²) in [7, 11) is 1.78. The van der Waals surface area contributed by atoms with Gasteiger partial charge in [0.2, 0.25) is 0 Å². The molecule has 64 valence electrons. The fraction of sp³-hybridized carbons (Fsp3) is 0.667. The molecule has 0 heterocycles. The lowest BCUT2D eigenvalue weighted by Crippen LogP contribution is -2.13. The third kappa shape index (κ3) is 7.10. The molecule has 2 nitrogen and oxygen atoms in total. The molecule has 0 aliphatic carbocycles. The van der Waals surface area contributed by atoms with E-state index in [-0.39, 0.29) is 0 Å². The highest BCUT2D eigenvalue weighted by molar-refractivity contribution is 5.77. The molecule has 2 heteroatoms. The molecule has 0 amide bonds. The van der Waals surface area contributed by atoms with Gasteiger partial charge in [0.05, 0.1) is 0 Å². The van der Waals surface area contributed by atoms with E-state index < -0.39 is 0 Å². The summed E-state index contributed by atoms with van der Waals surface area (Å²) >= 11 is 0. The normalized spacial score (nSPS) is 13.0. The Morgan fingerprint density at radius 1 is 1.55 bits per heavy atom. The van der Waals surface area contributed by atoms with Crippen LogP contribution in [0.2, 0.25) is 0 Å². The molecule has 0 aromatic carbocycles. The Hall–Kier alpha value is -0.790. The summed E-state index contributed by atoms with van der Waals surface area (Å²) in [5.74, 6) is 0.692. The maximum Gasteiger partial charge on any atom is 0.0277 e. The first kappa shape index (κ1) is 10.2. The third-order valence-electron chi connectivity index (χ3n) is 1.19. The molecule has 0 aliphatic rings. The van der Waals surface area contributed by atoms with E-state index >= 15 is 0 Å². The van der Waals surface area contributed by atoms with Gasteiger partial charge < -0.3 is 5.32 Å². The fourth-order valence-electron chi connectivity index (χ4n) is 0.697. The summed E-state index contributed by atoms with van der Waals surface area (Å²) in [6, 6.07) is 0. The van der Waals surface area contributed by atoms with Crippen molar-refractivity contribution in [1.82, 2.24) is 5.32 Å². The van der Waals surface area contributed by atoms with Crippen LogP contribution in [-0.2, 0) is 0 Å². The van der Waals surface area contributed by atoms with Gasteiger partial charge in [-0.15, -0.1) is 0 Å². The number of hydrogen-bond donors (Lipinski definition) is 1. The van der Waals surface area contributed by atoms with Gasteiger partial charge in [-0.3, -0.25) is 4.99 Å². The van der Waals surface area contributed by atoms with Crippen LogP contribution in [0.1, 0.15) is 20.8 Å². The SMILES string of the molecule is CN=C/C(C)=C\NCC(C)C. The lowest BCUT2D eigenvalue weighted by atomic mass is 10.2. The van der Waals surface area contributed by atoms with Gasteiger partial charge in [-0.05, 0) is 18.4 Å². The first-order valence-electron chi connectivity index (χ1n) is 3.99. The van der Waals surface area contributed by atoms with Gasteiger partial charge in [-0.25, -0.2) is 0 Å². The maximum atomic E-state index is 3.90. The Morgan fingerprint density at radius 3 is 2.64 bits per heavy atom. The molecule has 0 saturated carbocycles. The highest BCUT2D eigenvalue weighted by Crippen LogP contribution is 1.89. The lowest BCUT2D eigenvalue weighted by Gasteiger charge is -2.03. The van der Waals surface area contributed by atoms with E-state index in [1.54, 1.807) is 7.05 Å². The van der Waals surface area contributed by atoms with E-state index in [1.807, 2.05) is 19.3 Å². The van der Waals surface area contributed by atoms with Crippen LogP contribution in [0.25, 0.3) is 0 Å². The second kappa shape index (κ2) is 5.96. The molecule has 0 aromatic rings. The van der Waals surface area contributed by atoms with Crippen molar-refractivity contribution in [3.63, 3.8) is 0 Å². The largest absolute Gasteiger partial charge is 0.390 e. The van der Waals surface area contributed by atoms with Crippen LogP contribution >= 0.6 is 0 Å². The Bertz CT molecular complexity index is 146. The van der Waals surface area contributed by atoms with Gasteiger partial charge in [-0.2, -0.15) is 0 Å². The van der Waals surface area contributed by atoms with Crippen molar-refractivity contribution in [2.24, 2.45) is 10.9 Å². The second-order valence-corrected chi connectivity index (χ2v) is 3.08. The van der Waals surface area contributed by atoms with E-state index in [0.29, 0.717) is 5.92 Å². The molecule has 0 aromatic heterocycles. The molecule has 0 unspecified atom stereocenters. The van der Waals surface area contributed by atoms with Gasteiger partial charge in [0.25, 0.3) is 0 Å². The van der Waals surface area contributed by atoms with E-state index in [4.69, 9.17) is 0 Å². The molecule has 0 aliphatic heterocycles. The summed E-state index contributed by atoms with van der Waals surface area (Å²) in [5, 5.41) is 3.22. The summed E-state index contributed by atoms with van der Waals surface area (Å²) < 4.78 is 0. The highest BCUT2D eigenvalue weighted by atomic mass is 14.8. The molecule has 0 spiro atoms. The van der Waals surface area contributed by atoms with Crippen LogP contribution in [0.3, 0.4) is 0 Å². The van der Waals surface area contributed by atoms with Gasteiger partial charge in [-0.1, -0.05) is 13.8 Å². The first-order chi connectivity index (χ1) is 5.16. The summed E-state index contributed by atoms with van der Waals surface area (Å²) in [5.41, 5.74) is 1.16. The van der Waals surface area contributed by atoms with Crippen molar-refractivity contribution >= 4 is 6.21 Å². The molecule has 0 radical (unpaired) electrons. The minimum absolute atomic E-state index is 0.692. The van der Waals surface area contributed by atoms with E-state index in [1.165, 1.54) is 0 Å². The number of aliphatic imine (C=N–C) groups is 1. The molecule has 0 fully saturated rings. The van der Waals surface area contributed by atoms with Crippen LogP contribution in [-0.4, -0.2) is 19.8 Å². The van der Waals surface area contributed by atoms with Crippen molar-refractivity contribution in [2.75, 3.05) is 13.6 Å². The topological polar surface area (TPSA) is 24.4 Å². The zero-order valence-corrected chi connectivity index (χ0v) is 7.89. The van der Waals surface area contributed by atoms with Crippen LogP contribution in [0, 0.1) is 5.92 Å². The standard InChI is InChI=1S/C9H18N2/c1-8(2)5-11-7-9(3)6-10-4/h6-8,11H,5H2,1-4H3/b9-7-,10-6?. The highest BCUT2D eigenvalue weighted by Gasteiger charge is 1.88. The van der Waals surface area contributed by atoms with E-state index in [2.05, 4.69) is 24.2 Å². The zero-order valence-electron chi connectivity index (χ0n) is 7.89. The number of nitrogens with one attached hydrogen (secondary N) is 1. The van der Waals surface area contributed by atoms with Gasteiger partial charge in [0, 0.05) is 26.0 Å². The molecule has 11 heavy (non-hydrogen) atoms. The molecule has 0 rings (SSSR count). The van der Waals surface area contributed by atoms with Crippen LogP contribution < -0.4 is 5.32 Å². The Kier molecular flexibility index (Phi) is 5.53. The average Bonchev–Trinajstić information content (AvgIpc) is 1.87. The summed E-state index contributed by atoms with van der Waals surface area (Å²) in [6.07, 6.45) is 3.83. The van der Waals surface area contributed by atoms with Crippen molar-refractivity contribution in [1.29, 1.82) is 0 Å². The third-order valence-corrected chi connectivity index (χ3v) is 1.19. The molecular formula is C9H18N2. The monoisotopic (exact) mass is 154 g/mol. The minimum Gasteiger partial charge on any atom is -0.390 e. The van der Waals surface area contributed by atoms with Crippen LogP contribution in [0.4, 0.5) is 0 Å². The molecular weight excluding hydrogens is 136 g/mol. The Balaban J connectivity index is 3.56. The molecule has 0 bridgehead atoms. The Morgan fingerprint density at radius 2 is 2.18 bits per heavy atom. The van der Waals surface area contributed by atoms with E-state index in [0.717, 1.165) is 12.1 Å². The average molecular weight is 154 g/mol. The second-order valence-electron chi connectivity index (χ2n) is 3.08. The molecule has 0 saturated heterocycles. The van der Waals surface area contributed by atoms with Gasteiger partial charge in [0.1, 0.15) is 0 Å². The van der Waals surface area contributed by atoms with Crippen LogP contribution in [0.5, 0.6) is 0 Å². The fourth-order valence-corrected chi connectivity index (χ4v) is 0.697. The molecule has 1 N–H and O–H groups in total. The summed E-state index contributed by atoms with van der Waals surface area (Å²) in [6.45, 7) is 7.42. The van der Waals surface area contributed by atoms with Crippen molar-refractivity contribution in [3.8, 4) is 0 Å². The van der Waals surface area contributed by atoms with Crippen molar-refractivity contribution in [3.05, 3.63) is 11.8 Å². The number of nitrogens with zero attached hydrogens (tertiary/aromatic N) is 1. The maximum absolute atomic E-state index is 3.90. The first-order valence-corrected chi connectivity index (χ1v) is 3.99. The Labute approximate surface area is 69.4 Å². The quantitative estimate of drug-likeness (QED) is 0.614. The van der Waals surface area contributed by atoms with Gasteiger partial charge >= 0.3 is 0 Å². The predicted octanol–water partition coefficient (Wildman–Crippen LogP) is 1.84. The van der Waals surface area contributed by atoms with E-state index in [9.17, 15) is 0 Å². The minimum atomic E-state index is 0.692.